The maximum Gasteiger partial charge on any atom is 0.316 e. The number of carboxylic acid groups (broad SMARTS) is 3. The number of aliphatic hydroxyl groups is 1. The average molecular weight is 279 g/mol. The van der Waals surface area contributed by atoms with Gasteiger partial charge in [-0.1, -0.05) is 0 Å². The van der Waals surface area contributed by atoms with Crippen LogP contribution in [0, 0.1) is 0 Å². The summed E-state index contributed by atoms with van der Waals surface area (Å²) in [6.07, 6.45) is -2.29. The molecule has 7 nitrogen and oxygen atoms in total. The first-order valence-corrected chi connectivity index (χ1v) is 3.17. The molecule has 0 aromatic carbocycles. The van der Waals surface area contributed by atoms with Crippen LogP contribution in [0.15, 0.2) is 0 Å². The fraction of sp³-hybridized carbons (Fsp3) is 0.500. The van der Waals surface area contributed by atoms with Crippen molar-refractivity contribution in [3.63, 3.8) is 0 Å². The zero-order chi connectivity index (χ0) is 10.6. The van der Waals surface area contributed by atoms with E-state index in [2.05, 4.69) is 0 Å². The van der Waals surface area contributed by atoms with Crippen LogP contribution >= 0.6 is 0 Å². The number of halogens is 1. The average Bonchev–Trinajstić information content (AvgIpc) is 1.82. The monoisotopic (exact) mass is 278 g/mol. The van der Waals surface area contributed by atoms with Gasteiger partial charge in [-0.25, -0.2) is 4.79 Å². The van der Waals surface area contributed by atoms with Crippen LogP contribution in [-0.4, -0.2) is 118 Å². The molecule has 0 spiro atoms. The van der Waals surface area contributed by atoms with Crippen LogP contribution in [0.5, 0.6) is 0 Å². The molecule has 0 aromatic heterocycles. The smallest absolute Gasteiger partial charge is 0.316 e. The van der Waals surface area contributed by atoms with Gasteiger partial charge in [0.2, 0.25) is 0 Å². The molecule has 0 unspecified atom stereocenters. The number of carbonyl (C=O) groups is 3. The molecular formula is C6H12FKMgO7. The molecule has 0 rings (SSSR count). The first-order chi connectivity index (χ1) is 5.78. The van der Waals surface area contributed by atoms with E-state index in [0.29, 0.717) is 0 Å². The van der Waals surface area contributed by atoms with Gasteiger partial charge in [0.1, 0.15) is 0 Å². The summed E-state index contributed by atoms with van der Waals surface area (Å²) < 4.78 is 0. The third-order valence-electron chi connectivity index (χ3n) is 1.29. The third kappa shape index (κ3) is 9.90. The van der Waals surface area contributed by atoms with E-state index in [1.165, 1.54) is 0 Å². The van der Waals surface area contributed by atoms with Crippen molar-refractivity contribution in [1.82, 2.24) is 0 Å². The van der Waals surface area contributed by atoms with Gasteiger partial charge in [0.15, 0.2) is 5.60 Å². The minimum Gasteiger partial charge on any atom is 0.316 e. The van der Waals surface area contributed by atoms with Gasteiger partial charge in [0.05, 0.1) is 12.8 Å². The summed E-state index contributed by atoms with van der Waals surface area (Å²) in [6.45, 7) is 0. The Balaban J connectivity index is -0.000000240. The minimum absolute atomic E-state index is 0. The third-order valence-corrected chi connectivity index (χ3v) is 1.29. The van der Waals surface area contributed by atoms with Crippen molar-refractivity contribution in [2.24, 2.45) is 0 Å². The summed E-state index contributed by atoms with van der Waals surface area (Å²) in [5.41, 5.74) is -2.74. The standard InChI is InChI=1S/C6H8O7.FH.K.Mg.3H/c7-3(8)1-6(13,5(11)12)2-4(9)10;;;;;;/h13H,1-2H2,(H,7,8)(H,9,10)(H,11,12);1H;;;;;. The molecule has 0 fully saturated rings. The Morgan fingerprint density at radius 2 is 1.19 bits per heavy atom. The minimum atomic E-state index is -2.74. The fourth-order valence-electron chi connectivity index (χ4n) is 0.714. The van der Waals surface area contributed by atoms with E-state index in [1.807, 2.05) is 0 Å². The van der Waals surface area contributed by atoms with Crippen molar-refractivity contribution in [2.75, 3.05) is 0 Å². The van der Waals surface area contributed by atoms with Crippen molar-refractivity contribution in [2.45, 2.75) is 18.4 Å². The maximum absolute atomic E-state index is 10.3. The van der Waals surface area contributed by atoms with Crippen molar-refractivity contribution in [3.05, 3.63) is 0 Å². The molecule has 0 aliphatic carbocycles. The van der Waals surface area contributed by atoms with E-state index in [1.54, 1.807) is 0 Å². The van der Waals surface area contributed by atoms with Gasteiger partial charge in [-0.05, 0) is 0 Å². The Morgan fingerprint density at radius 1 is 0.938 bits per heavy atom. The second-order valence-electron chi connectivity index (χ2n) is 2.48. The Labute approximate surface area is 148 Å². The maximum atomic E-state index is 10.3. The number of rotatable bonds is 5. The molecule has 0 heterocycles. The summed E-state index contributed by atoms with van der Waals surface area (Å²) in [7, 11) is 0. The van der Waals surface area contributed by atoms with Gasteiger partial charge < -0.3 is 20.4 Å². The molecule has 4 N–H and O–H groups in total. The molecule has 16 heavy (non-hydrogen) atoms. The molecule has 0 saturated carbocycles. The van der Waals surface area contributed by atoms with E-state index in [-0.39, 0.29) is 79.1 Å². The molecule has 0 radical (unpaired) electrons. The molecule has 88 valence electrons. The van der Waals surface area contributed by atoms with Crippen LogP contribution in [0.1, 0.15) is 12.8 Å². The fourth-order valence-corrected chi connectivity index (χ4v) is 0.714. The van der Waals surface area contributed by atoms with Crippen molar-refractivity contribution < 1.29 is 39.5 Å². The van der Waals surface area contributed by atoms with Crippen LogP contribution < -0.4 is 0 Å². The Morgan fingerprint density at radius 3 is 1.31 bits per heavy atom. The zero-order valence-electron chi connectivity index (χ0n) is 6.84. The second-order valence-corrected chi connectivity index (χ2v) is 2.48. The summed E-state index contributed by atoms with van der Waals surface area (Å²) in [5, 5.41) is 33.8. The molecular weight excluding hydrogens is 266 g/mol. The first-order valence-electron chi connectivity index (χ1n) is 3.17. The molecule has 0 atom stereocenters. The molecule has 0 aliphatic heterocycles. The van der Waals surface area contributed by atoms with Gasteiger partial charge in [-0.2, -0.15) is 0 Å². The van der Waals surface area contributed by atoms with Crippen LogP contribution in [0.2, 0.25) is 0 Å². The van der Waals surface area contributed by atoms with Crippen LogP contribution in [0.25, 0.3) is 0 Å². The Bertz CT molecular complexity index is 243. The van der Waals surface area contributed by atoms with Gasteiger partial charge in [-0.15, -0.1) is 0 Å². The Kier molecular flexibility index (Phi) is 17.3. The van der Waals surface area contributed by atoms with E-state index in [9.17, 15) is 14.4 Å². The van der Waals surface area contributed by atoms with Crippen molar-refractivity contribution in [3.8, 4) is 0 Å². The van der Waals surface area contributed by atoms with E-state index >= 15 is 0 Å². The number of hydrogen-bond acceptors (Lipinski definition) is 4. The molecule has 0 amide bonds. The van der Waals surface area contributed by atoms with Crippen LogP contribution in [0.4, 0.5) is 4.70 Å². The normalized spacial score (nSPS) is 8.81. The molecule has 0 bridgehead atoms. The van der Waals surface area contributed by atoms with Crippen LogP contribution in [0.3, 0.4) is 0 Å². The zero-order valence-corrected chi connectivity index (χ0v) is 6.84. The van der Waals surface area contributed by atoms with E-state index < -0.39 is 36.4 Å². The van der Waals surface area contributed by atoms with Gasteiger partial charge in [0, 0.05) is 0 Å². The van der Waals surface area contributed by atoms with E-state index in [4.69, 9.17) is 20.4 Å². The van der Waals surface area contributed by atoms with Crippen LogP contribution in [-0.2, 0) is 14.4 Å². The predicted molar refractivity (Wildman–Crippen MR) is 55.3 cm³/mol. The predicted octanol–water partition coefficient (Wildman–Crippen LogP) is -2.66. The largest absolute Gasteiger partial charge is 0.316 e. The quantitative estimate of drug-likeness (QED) is 0.403. The summed E-state index contributed by atoms with van der Waals surface area (Å²) in [4.78, 5) is 30.5. The molecule has 0 aliphatic rings. The van der Waals surface area contributed by atoms with Gasteiger partial charge in [0.25, 0.3) is 0 Å². The molecule has 0 saturated heterocycles. The van der Waals surface area contributed by atoms with Gasteiger partial charge >= 0.3 is 92.3 Å². The first kappa shape index (κ1) is 25.5. The summed E-state index contributed by atoms with van der Waals surface area (Å²) in [6, 6.07) is 0. The number of carboxylic acids is 3. The molecule has 0 aromatic rings. The van der Waals surface area contributed by atoms with Crippen molar-refractivity contribution >= 4 is 92.3 Å². The molecule has 10 heteroatoms. The number of aliphatic carboxylic acids is 3. The SMILES string of the molecule is F.O=C(O)CC(O)(CC(=O)O)C(=O)O.[KH].[MgH2]. The summed E-state index contributed by atoms with van der Waals surface area (Å²) in [5.74, 6) is -5.02. The Hall–Kier alpha value is 0.703. The number of hydrogen-bond donors (Lipinski definition) is 4. The summed E-state index contributed by atoms with van der Waals surface area (Å²) >= 11 is 0. The topological polar surface area (TPSA) is 132 Å². The van der Waals surface area contributed by atoms with Gasteiger partial charge in [-0.3, -0.25) is 14.3 Å². The second kappa shape index (κ2) is 10.8. The van der Waals surface area contributed by atoms with E-state index in [0.717, 1.165) is 0 Å². The van der Waals surface area contributed by atoms with Crippen molar-refractivity contribution in [1.29, 1.82) is 0 Å².